The monoisotopic (exact) mass is 367 g/mol. The van der Waals surface area contributed by atoms with Crippen molar-refractivity contribution in [2.45, 2.75) is 18.4 Å². The molecule has 0 aromatic rings. The van der Waals surface area contributed by atoms with E-state index in [9.17, 15) is 39.6 Å². The first-order valence-corrected chi connectivity index (χ1v) is 5.42. The Morgan fingerprint density at radius 1 is 0.773 bits per heavy atom. The molecule has 0 amide bonds. The van der Waals surface area contributed by atoms with Crippen molar-refractivity contribution in [3.63, 3.8) is 0 Å². The van der Waals surface area contributed by atoms with Gasteiger partial charge in [-0.2, -0.15) is 0 Å². The van der Waals surface area contributed by atoms with Crippen LogP contribution in [0.3, 0.4) is 0 Å². The second-order valence-electron chi connectivity index (χ2n) is 4.08. The van der Waals surface area contributed by atoms with E-state index >= 15 is 0 Å². The average Bonchev–Trinajstić information content (AvgIpc) is 2.24. The molecule has 0 saturated carbocycles. The molecule has 0 unspecified atom stereocenters. The third kappa shape index (κ3) is 13.0. The molecule has 22 heavy (non-hydrogen) atoms. The molecule has 0 atom stereocenters. The Hall–Kier alpha value is -0.681. The molecular weight excluding hydrogens is 355 g/mol. The van der Waals surface area contributed by atoms with E-state index in [1.54, 1.807) is 0 Å². The zero-order chi connectivity index (χ0) is 15.8. The molecule has 0 heterocycles. The number of carbonyl (C=O) groups excluding carboxylic acids is 4. The van der Waals surface area contributed by atoms with Gasteiger partial charge in [-0.3, -0.25) is 0 Å². The topological polar surface area (TPSA) is 185 Å². The van der Waals surface area contributed by atoms with Crippen LogP contribution in [0.25, 0.3) is 0 Å². The van der Waals surface area contributed by atoms with Crippen molar-refractivity contribution in [1.82, 2.24) is 10.6 Å². The summed E-state index contributed by atoms with van der Waals surface area (Å²) in [5.74, 6) is -6.38. The van der Waals surface area contributed by atoms with Crippen molar-refractivity contribution in [2.24, 2.45) is 0 Å². The molecule has 0 aliphatic carbocycles. The zero-order valence-corrected chi connectivity index (χ0v) is 14.8. The molecule has 0 aromatic carbocycles. The fourth-order valence-corrected chi connectivity index (χ4v) is 1.59. The predicted molar refractivity (Wildman–Crippen MR) is 52.9 cm³/mol. The molecule has 0 saturated heterocycles. The Kier molecular flexibility index (Phi) is 15.3. The molecule has 2 N–H and O–H groups in total. The van der Waals surface area contributed by atoms with Crippen LogP contribution >= 0.6 is 0 Å². The van der Waals surface area contributed by atoms with Crippen LogP contribution in [-0.4, -0.2) is 49.1 Å². The first-order valence-electron chi connectivity index (χ1n) is 5.42. The standard InChI is InChI=1S/C10H16N2O8.Fe.Na/c13-6(14)1-10(2-7(15)16,12-4-9(19)20)5-11-3-8(17)18;;/h11-12H,1-5H2,(H,13,14)(H,15,16)(H,17,18)(H,19,20);;/q;+3;+1/p-4. The maximum absolute atomic E-state index is 10.7. The van der Waals surface area contributed by atoms with E-state index in [0.717, 1.165) is 0 Å². The van der Waals surface area contributed by atoms with Crippen LogP contribution in [0.2, 0.25) is 0 Å². The van der Waals surface area contributed by atoms with Crippen LogP contribution < -0.4 is 60.6 Å². The Balaban J connectivity index is -0.00000180. The minimum atomic E-state index is -1.78. The summed E-state index contributed by atoms with van der Waals surface area (Å²) < 4.78 is 0. The average molecular weight is 367 g/mol. The van der Waals surface area contributed by atoms with E-state index in [2.05, 4.69) is 10.6 Å². The van der Waals surface area contributed by atoms with Gasteiger partial charge >= 0.3 is 46.6 Å². The van der Waals surface area contributed by atoms with Crippen LogP contribution in [0.15, 0.2) is 0 Å². The molecule has 0 bridgehead atoms. The summed E-state index contributed by atoms with van der Waals surface area (Å²) in [4.78, 5) is 41.9. The number of carboxylic acids is 4. The van der Waals surface area contributed by atoms with Gasteiger partial charge in [-0.25, -0.2) is 0 Å². The molecule has 119 valence electrons. The third-order valence-electron chi connectivity index (χ3n) is 2.31. The summed E-state index contributed by atoms with van der Waals surface area (Å²) in [5, 5.41) is 46.4. The number of rotatable bonds is 11. The van der Waals surface area contributed by atoms with Crippen LogP contribution in [-0.2, 0) is 36.2 Å². The molecule has 0 aliphatic rings. The van der Waals surface area contributed by atoms with E-state index in [1.807, 2.05) is 0 Å². The molecule has 0 spiro atoms. The van der Waals surface area contributed by atoms with Gasteiger partial charge in [-0.1, -0.05) is 0 Å². The van der Waals surface area contributed by atoms with E-state index in [1.165, 1.54) is 0 Å². The van der Waals surface area contributed by atoms with Crippen LogP contribution in [0, 0.1) is 0 Å². The van der Waals surface area contributed by atoms with E-state index < -0.39 is 61.9 Å². The number of nitrogens with one attached hydrogen (secondary N) is 2. The van der Waals surface area contributed by atoms with Crippen molar-refractivity contribution in [2.75, 3.05) is 19.6 Å². The van der Waals surface area contributed by atoms with E-state index in [-0.39, 0.29) is 46.6 Å². The zero-order valence-electron chi connectivity index (χ0n) is 11.7. The SMILES string of the molecule is O=C([O-])CNCC(CC(=O)[O-])(CC(=O)[O-])NCC(=O)[O-].[Fe+3].[Na+]. The number of carbonyl (C=O) groups is 4. The summed E-state index contributed by atoms with van der Waals surface area (Å²) in [6.45, 7) is -1.96. The van der Waals surface area contributed by atoms with Crippen LogP contribution in [0.5, 0.6) is 0 Å². The van der Waals surface area contributed by atoms with Gasteiger partial charge in [0.2, 0.25) is 0 Å². The van der Waals surface area contributed by atoms with Gasteiger partial charge in [-0.15, -0.1) is 0 Å². The van der Waals surface area contributed by atoms with Gasteiger partial charge in [0, 0.05) is 50.0 Å². The van der Waals surface area contributed by atoms with Gasteiger partial charge in [0.15, 0.2) is 0 Å². The maximum Gasteiger partial charge on any atom is 3.00 e. The molecule has 12 heteroatoms. The number of hydrogen-bond acceptors (Lipinski definition) is 10. The largest absolute Gasteiger partial charge is 3.00 e. The first kappa shape index (κ1) is 26.2. The summed E-state index contributed by atoms with van der Waals surface area (Å²) in [5.41, 5.74) is -1.78. The molecule has 0 fully saturated rings. The molecule has 0 aliphatic heterocycles. The summed E-state index contributed by atoms with van der Waals surface area (Å²) in [7, 11) is 0. The molecule has 0 rings (SSSR count). The smallest absolute Gasteiger partial charge is 0.550 e. The first-order chi connectivity index (χ1) is 9.17. The van der Waals surface area contributed by atoms with Crippen LogP contribution in [0.1, 0.15) is 12.8 Å². The second kappa shape index (κ2) is 12.8. The van der Waals surface area contributed by atoms with Crippen molar-refractivity contribution in [3.8, 4) is 0 Å². The minimum Gasteiger partial charge on any atom is -0.550 e. The predicted octanol–water partition coefficient (Wildman–Crippen LogP) is -10.3. The Morgan fingerprint density at radius 3 is 1.50 bits per heavy atom. The van der Waals surface area contributed by atoms with Gasteiger partial charge in [0.25, 0.3) is 0 Å². The Labute approximate surface area is 158 Å². The van der Waals surface area contributed by atoms with Gasteiger partial charge in [0.1, 0.15) is 0 Å². The fraction of sp³-hybridized carbons (Fsp3) is 0.600. The second-order valence-corrected chi connectivity index (χ2v) is 4.08. The number of hydrogen-bond donors (Lipinski definition) is 2. The van der Waals surface area contributed by atoms with E-state index in [0.29, 0.717) is 0 Å². The summed E-state index contributed by atoms with van der Waals surface area (Å²) >= 11 is 0. The third-order valence-corrected chi connectivity index (χ3v) is 2.31. The quantitative estimate of drug-likeness (QED) is 0.332. The summed E-state index contributed by atoms with van der Waals surface area (Å²) in [6, 6.07) is 0. The van der Waals surface area contributed by atoms with Crippen LogP contribution in [0.4, 0.5) is 0 Å². The van der Waals surface area contributed by atoms with Gasteiger partial charge in [0.05, 0.1) is 11.9 Å². The molecule has 0 aromatic heterocycles. The Bertz CT molecular complexity index is 390. The van der Waals surface area contributed by atoms with Crippen molar-refractivity contribution >= 4 is 23.9 Å². The van der Waals surface area contributed by atoms with Crippen molar-refractivity contribution in [3.05, 3.63) is 0 Å². The normalized spacial score (nSPS) is 10.0. The molecular formula is C10H12FeN2NaO8. The molecule has 10 nitrogen and oxygen atoms in total. The molecule has 1 radical (unpaired) electrons. The number of carboxylic acid groups (broad SMARTS) is 4. The minimum absolute atomic E-state index is 0. The van der Waals surface area contributed by atoms with Gasteiger partial charge in [-0.05, 0) is 0 Å². The maximum atomic E-state index is 10.7. The summed E-state index contributed by atoms with van der Waals surface area (Å²) in [6.07, 6.45) is -1.73. The van der Waals surface area contributed by atoms with Gasteiger partial charge < -0.3 is 50.2 Å². The van der Waals surface area contributed by atoms with Crippen molar-refractivity contribution < 1.29 is 86.2 Å². The van der Waals surface area contributed by atoms with Crippen molar-refractivity contribution in [1.29, 1.82) is 0 Å². The Morgan fingerprint density at radius 2 is 1.18 bits per heavy atom. The fourth-order valence-electron chi connectivity index (χ4n) is 1.59. The van der Waals surface area contributed by atoms with E-state index in [4.69, 9.17) is 0 Å². The number of aliphatic carboxylic acids is 4.